The number of benzene rings is 3. The molecule has 0 bridgehead atoms. The lowest BCUT2D eigenvalue weighted by molar-refractivity contribution is -0.137. The van der Waals surface area contributed by atoms with Crippen molar-refractivity contribution < 1.29 is 35.9 Å². The molecular formula is C31H29BrF6N6O2. The molecule has 0 radical (unpaired) electrons. The Morgan fingerprint density at radius 1 is 0.891 bits per heavy atom. The number of carbonyl (C=O) groups excluding carboxylic acids is 1. The summed E-state index contributed by atoms with van der Waals surface area (Å²) in [6.45, 7) is 1.50. The summed E-state index contributed by atoms with van der Waals surface area (Å²) in [5.41, 5.74) is -3.05. The molecule has 0 aliphatic heterocycles. The largest absolute Gasteiger partial charge is 0.439 e. The molecule has 0 aliphatic rings. The summed E-state index contributed by atoms with van der Waals surface area (Å²) in [6.07, 6.45) is -6.50. The molecule has 0 unspecified atom stereocenters. The smallest absolute Gasteiger partial charge is 0.418 e. The van der Waals surface area contributed by atoms with Crippen LogP contribution in [-0.4, -0.2) is 48.1 Å². The van der Waals surface area contributed by atoms with Crippen LogP contribution in [0.1, 0.15) is 24.0 Å². The topological polar surface area (TPSA) is 91.4 Å². The normalized spacial score (nSPS) is 11.8. The fourth-order valence-electron chi connectivity index (χ4n) is 4.34. The fourth-order valence-corrected chi connectivity index (χ4v) is 4.74. The van der Waals surface area contributed by atoms with Gasteiger partial charge in [-0.05, 0) is 87.1 Å². The van der Waals surface area contributed by atoms with E-state index < -0.39 is 35.2 Å². The van der Waals surface area contributed by atoms with Crippen LogP contribution in [0.15, 0.2) is 77.4 Å². The number of halogens is 7. The van der Waals surface area contributed by atoms with Crippen LogP contribution in [0.2, 0.25) is 0 Å². The molecule has 0 saturated carbocycles. The average molecular weight is 712 g/mol. The van der Waals surface area contributed by atoms with Crippen molar-refractivity contribution in [1.29, 1.82) is 0 Å². The van der Waals surface area contributed by atoms with E-state index >= 15 is 0 Å². The number of hydrogen-bond acceptors (Lipinski definition) is 6. The molecule has 1 heterocycles. The van der Waals surface area contributed by atoms with E-state index in [4.69, 9.17) is 4.74 Å². The number of nitrogens with one attached hydrogen (secondary N) is 3. The van der Waals surface area contributed by atoms with Gasteiger partial charge in [0.15, 0.2) is 0 Å². The van der Waals surface area contributed by atoms with E-state index in [1.54, 1.807) is 12.1 Å². The standard InChI is InChI=1S/C31H29BrF6N6O2/c1-44(2)15-4-3-13-39-28-40-14-12-27(43-28)46-22-9-11-26(25(18-22)31(36,37)38)42-29(45)41-21-8-10-23(24(17-21)30(33,34)35)19-6-5-7-20(32)16-19/h5-12,14,16-18H,3-4,13,15H2,1-2H3,(H,39,40,43)(H2,41,42,45). The van der Waals surface area contributed by atoms with Crippen LogP contribution >= 0.6 is 15.9 Å². The van der Waals surface area contributed by atoms with Gasteiger partial charge in [0.25, 0.3) is 0 Å². The van der Waals surface area contributed by atoms with Crippen molar-refractivity contribution in [3.05, 3.63) is 88.5 Å². The van der Waals surface area contributed by atoms with Gasteiger partial charge < -0.3 is 25.6 Å². The molecule has 2 amide bonds. The summed E-state index contributed by atoms with van der Waals surface area (Å²) in [6, 6.07) is 12.4. The Kier molecular flexibility index (Phi) is 11.1. The third-order valence-electron chi connectivity index (χ3n) is 6.43. The predicted octanol–water partition coefficient (Wildman–Crippen LogP) is 9.13. The van der Waals surface area contributed by atoms with Crippen LogP contribution in [0.25, 0.3) is 11.1 Å². The van der Waals surface area contributed by atoms with Gasteiger partial charge in [-0.15, -0.1) is 0 Å². The molecule has 15 heteroatoms. The van der Waals surface area contributed by atoms with E-state index in [2.05, 4.69) is 46.7 Å². The third-order valence-corrected chi connectivity index (χ3v) is 6.92. The first-order valence-corrected chi connectivity index (χ1v) is 14.6. The van der Waals surface area contributed by atoms with Crippen molar-refractivity contribution in [2.24, 2.45) is 0 Å². The van der Waals surface area contributed by atoms with Crippen molar-refractivity contribution in [2.45, 2.75) is 25.2 Å². The second-order valence-electron chi connectivity index (χ2n) is 10.3. The molecule has 46 heavy (non-hydrogen) atoms. The maximum absolute atomic E-state index is 14.0. The minimum Gasteiger partial charge on any atom is -0.439 e. The quantitative estimate of drug-likeness (QED) is 0.106. The molecule has 3 aromatic carbocycles. The van der Waals surface area contributed by atoms with E-state index in [9.17, 15) is 31.1 Å². The van der Waals surface area contributed by atoms with Crippen LogP contribution in [0, 0.1) is 0 Å². The summed E-state index contributed by atoms with van der Waals surface area (Å²) in [5, 5.41) is 7.28. The number of aromatic nitrogens is 2. The highest BCUT2D eigenvalue weighted by atomic mass is 79.9. The second kappa shape index (κ2) is 14.8. The number of anilines is 3. The van der Waals surface area contributed by atoms with Gasteiger partial charge in [-0.3, -0.25) is 0 Å². The molecular weight excluding hydrogens is 682 g/mol. The van der Waals surface area contributed by atoms with Gasteiger partial charge in [0.1, 0.15) is 5.75 Å². The summed E-state index contributed by atoms with van der Waals surface area (Å²) >= 11 is 3.23. The van der Waals surface area contributed by atoms with E-state index in [1.807, 2.05) is 14.1 Å². The maximum Gasteiger partial charge on any atom is 0.418 e. The van der Waals surface area contributed by atoms with Gasteiger partial charge in [0.05, 0.1) is 16.8 Å². The van der Waals surface area contributed by atoms with Gasteiger partial charge in [-0.2, -0.15) is 31.3 Å². The van der Waals surface area contributed by atoms with Crippen LogP contribution in [-0.2, 0) is 12.4 Å². The molecule has 4 rings (SSSR count). The van der Waals surface area contributed by atoms with Crippen molar-refractivity contribution in [3.8, 4) is 22.8 Å². The van der Waals surface area contributed by atoms with E-state index in [1.165, 1.54) is 42.6 Å². The highest BCUT2D eigenvalue weighted by Crippen LogP contribution is 2.40. The Hall–Kier alpha value is -4.37. The van der Waals surface area contributed by atoms with Gasteiger partial charge in [-0.1, -0.05) is 34.1 Å². The summed E-state index contributed by atoms with van der Waals surface area (Å²) in [7, 11) is 3.95. The number of urea groups is 1. The van der Waals surface area contributed by atoms with Crippen LogP contribution in [0.4, 0.5) is 48.5 Å². The zero-order valence-corrected chi connectivity index (χ0v) is 26.1. The third kappa shape index (κ3) is 9.81. The number of hydrogen-bond donors (Lipinski definition) is 3. The first kappa shape index (κ1) is 34.5. The number of amides is 2. The molecule has 4 aromatic rings. The highest BCUT2D eigenvalue weighted by Gasteiger charge is 2.36. The molecule has 0 saturated heterocycles. The van der Waals surface area contributed by atoms with Crippen molar-refractivity contribution in [3.63, 3.8) is 0 Å². The SMILES string of the molecule is CN(C)CCCCNc1nccc(Oc2ccc(NC(=O)Nc3ccc(-c4cccc(Br)c4)c(C(F)(F)F)c3)c(C(F)(F)F)c2)n1. The highest BCUT2D eigenvalue weighted by molar-refractivity contribution is 9.10. The lowest BCUT2D eigenvalue weighted by Gasteiger charge is -2.17. The zero-order valence-electron chi connectivity index (χ0n) is 24.6. The van der Waals surface area contributed by atoms with Crippen LogP contribution in [0.5, 0.6) is 11.6 Å². The molecule has 0 atom stereocenters. The number of unbranched alkanes of at least 4 members (excludes halogenated alkanes) is 1. The fraction of sp³-hybridized carbons (Fsp3) is 0.258. The van der Waals surface area contributed by atoms with Crippen molar-refractivity contribution in [1.82, 2.24) is 14.9 Å². The average Bonchev–Trinajstić information content (AvgIpc) is 2.97. The Morgan fingerprint density at radius 3 is 2.35 bits per heavy atom. The van der Waals surface area contributed by atoms with Crippen molar-refractivity contribution in [2.75, 3.05) is 43.1 Å². The van der Waals surface area contributed by atoms with Gasteiger partial charge in [-0.25, -0.2) is 9.78 Å². The second-order valence-corrected chi connectivity index (χ2v) is 11.2. The summed E-state index contributed by atoms with van der Waals surface area (Å²) < 4.78 is 89.8. The molecule has 3 N–H and O–H groups in total. The number of alkyl halides is 6. The summed E-state index contributed by atoms with van der Waals surface area (Å²) in [4.78, 5) is 23.0. The Morgan fingerprint density at radius 2 is 1.65 bits per heavy atom. The van der Waals surface area contributed by atoms with Crippen LogP contribution in [0.3, 0.4) is 0 Å². The van der Waals surface area contributed by atoms with E-state index in [0.29, 0.717) is 23.2 Å². The predicted molar refractivity (Wildman–Crippen MR) is 167 cm³/mol. The molecule has 1 aromatic heterocycles. The zero-order chi connectivity index (χ0) is 33.5. The minimum absolute atomic E-state index is 0.0101. The maximum atomic E-state index is 14.0. The minimum atomic E-state index is -4.91. The number of ether oxygens (including phenoxy) is 1. The molecule has 0 aliphatic carbocycles. The molecule has 0 fully saturated rings. The monoisotopic (exact) mass is 710 g/mol. The summed E-state index contributed by atoms with van der Waals surface area (Å²) in [5.74, 6) is 0.0164. The Bertz CT molecular complexity index is 1670. The molecule has 8 nitrogen and oxygen atoms in total. The first-order chi connectivity index (χ1) is 21.7. The Balaban J connectivity index is 1.47. The number of rotatable bonds is 11. The Labute approximate surface area is 269 Å². The lowest BCUT2D eigenvalue weighted by Crippen LogP contribution is -2.22. The molecule has 0 spiro atoms. The van der Waals surface area contributed by atoms with Gasteiger partial charge in [0, 0.05) is 29.0 Å². The van der Waals surface area contributed by atoms with Gasteiger partial charge in [0.2, 0.25) is 11.8 Å². The number of carbonyl (C=O) groups is 1. The van der Waals surface area contributed by atoms with Crippen LogP contribution < -0.4 is 20.7 Å². The lowest BCUT2D eigenvalue weighted by atomic mass is 9.98. The first-order valence-electron chi connectivity index (χ1n) is 13.8. The van der Waals surface area contributed by atoms with Gasteiger partial charge >= 0.3 is 18.4 Å². The van der Waals surface area contributed by atoms with E-state index in [-0.39, 0.29) is 34.4 Å². The van der Waals surface area contributed by atoms with E-state index in [0.717, 1.165) is 25.5 Å². The number of nitrogens with zero attached hydrogens (tertiary/aromatic N) is 3. The van der Waals surface area contributed by atoms with Crippen molar-refractivity contribution >= 4 is 39.3 Å². The molecule has 244 valence electrons.